The summed E-state index contributed by atoms with van der Waals surface area (Å²) in [7, 11) is 1.32. The zero-order valence-corrected chi connectivity index (χ0v) is 18.8. The number of hydrogen-bond acceptors (Lipinski definition) is 6. The van der Waals surface area contributed by atoms with Crippen molar-refractivity contribution < 1.29 is 29.0 Å². The van der Waals surface area contributed by atoms with E-state index in [1.165, 1.54) is 7.11 Å². The highest BCUT2D eigenvalue weighted by atomic mass is 16.5. The van der Waals surface area contributed by atoms with E-state index in [-0.39, 0.29) is 32.0 Å². The fourth-order valence-corrected chi connectivity index (χ4v) is 4.05. The van der Waals surface area contributed by atoms with Crippen LogP contribution in [0.25, 0.3) is 11.1 Å². The number of alkyl carbamates (subject to hydrolysis) is 1. The number of carboxylic acids is 1. The summed E-state index contributed by atoms with van der Waals surface area (Å²) in [6, 6.07) is 15.5. The van der Waals surface area contributed by atoms with Gasteiger partial charge in [0.1, 0.15) is 12.6 Å². The molecule has 3 rings (SSSR count). The number of nitriles is 1. The van der Waals surface area contributed by atoms with E-state index < -0.39 is 30.1 Å². The average molecular weight is 466 g/mol. The number of methoxy groups -OCH3 is 1. The lowest BCUT2D eigenvalue weighted by Crippen LogP contribution is -2.53. The SMILES string of the molecule is COC[C@H](NC(=O)C(CCCC#N)NC(=O)OCC1c2ccccc2-c2ccccc21)C(=O)O. The molecule has 3 N–H and O–H groups in total. The normalized spacial score (nSPS) is 13.6. The van der Waals surface area contributed by atoms with E-state index >= 15 is 0 Å². The number of amides is 2. The quantitative estimate of drug-likeness (QED) is 0.434. The number of hydrogen-bond donors (Lipinski definition) is 3. The molecule has 0 fully saturated rings. The number of fused-ring (bicyclic) bond motifs is 3. The van der Waals surface area contributed by atoms with Crippen LogP contribution in [0, 0.1) is 11.3 Å². The number of carbonyl (C=O) groups is 3. The number of ether oxygens (including phenoxy) is 2. The molecule has 2 aromatic carbocycles. The molecule has 1 aliphatic carbocycles. The molecule has 0 spiro atoms. The van der Waals surface area contributed by atoms with Crippen LogP contribution in [0.15, 0.2) is 48.5 Å². The lowest BCUT2D eigenvalue weighted by atomic mass is 9.98. The van der Waals surface area contributed by atoms with Gasteiger partial charge in [0.2, 0.25) is 5.91 Å². The number of aliphatic carboxylic acids is 1. The van der Waals surface area contributed by atoms with E-state index in [0.717, 1.165) is 22.3 Å². The third-order valence-electron chi connectivity index (χ3n) is 5.68. The number of rotatable bonds is 11. The van der Waals surface area contributed by atoms with Gasteiger partial charge in [-0.15, -0.1) is 0 Å². The summed E-state index contributed by atoms with van der Waals surface area (Å²) in [6.07, 6.45) is -0.0997. The van der Waals surface area contributed by atoms with Crippen molar-refractivity contribution in [2.75, 3.05) is 20.3 Å². The highest BCUT2D eigenvalue weighted by Gasteiger charge is 2.30. The zero-order chi connectivity index (χ0) is 24.5. The van der Waals surface area contributed by atoms with Gasteiger partial charge in [0.25, 0.3) is 0 Å². The topological polar surface area (TPSA) is 138 Å². The van der Waals surface area contributed by atoms with Crippen LogP contribution in [-0.4, -0.2) is 55.5 Å². The average Bonchev–Trinajstić information content (AvgIpc) is 3.15. The van der Waals surface area contributed by atoms with Crippen molar-refractivity contribution >= 4 is 18.0 Å². The van der Waals surface area contributed by atoms with Crippen LogP contribution in [0.2, 0.25) is 0 Å². The molecule has 0 bridgehead atoms. The minimum Gasteiger partial charge on any atom is -0.480 e. The lowest BCUT2D eigenvalue weighted by Gasteiger charge is -2.21. The molecule has 2 atom stereocenters. The standard InChI is InChI=1S/C25H27N3O6/c1-33-15-22(24(30)31)27-23(29)21(12-6-7-13-26)28-25(32)34-14-20-18-10-4-2-8-16(18)17-9-3-5-11-19(17)20/h2-5,8-11,20-22H,6-7,12,14-15H2,1H3,(H,27,29)(H,28,32)(H,30,31)/t21?,22-/m0/s1. The fraction of sp³-hybridized carbons (Fsp3) is 0.360. The van der Waals surface area contributed by atoms with Crippen LogP contribution in [0.1, 0.15) is 36.3 Å². The van der Waals surface area contributed by atoms with Gasteiger partial charge in [0.15, 0.2) is 6.04 Å². The second kappa shape index (κ2) is 11.8. The first-order valence-corrected chi connectivity index (χ1v) is 11.0. The summed E-state index contributed by atoms with van der Waals surface area (Å²) in [6.45, 7) is -0.148. The van der Waals surface area contributed by atoms with Crippen LogP contribution in [-0.2, 0) is 19.1 Å². The van der Waals surface area contributed by atoms with Crippen molar-refractivity contribution in [3.63, 3.8) is 0 Å². The van der Waals surface area contributed by atoms with Crippen molar-refractivity contribution in [1.82, 2.24) is 10.6 Å². The second-order valence-corrected chi connectivity index (χ2v) is 7.93. The molecule has 34 heavy (non-hydrogen) atoms. The number of benzene rings is 2. The van der Waals surface area contributed by atoms with Gasteiger partial charge in [-0.1, -0.05) is 48.5 Å². The highest BCUT2D eigenvalue weighted by Crippen LogP contribution is 2.44. The number of nitrogens with zero attached hydrogens (tertiary/aromatic N) is 1. The summed E-state index contributed by atoms with van der Waals surface area (Å²) in [5, 5.41) is 22.9. The molecule has 1 aliphatic rings. The number of carbonyl (C=O) groups excluding carboxylic acids is 2. The molecule has 0 saturated carbocycles. The van der Waals surface area contributed by atoms with Crippen LogP contribution >= 0.6 is 0 Å². The predicted molar refractivity (Wildman–Crippen MR) is 123 cm³/mol. The zero-order valence-electron chi connectivity index (χ0n) is 18.8. The summed E-state index contributed by atoms with van der Waals surface area (Å²) in [4.78, 5) is 36.6. The third kappa shape index (κ3) is 5.91. The minimum atomic E-state index is -1.26. The molecule has 2 amide bonds. The number of carboxylic acid groups (broad SMARTS) is 1. The Morgan fingerprint density at radius 1 is 1.03 bits per heavy atom. The smallest absolute Gasteiger partial charge is 0.407 e. The first-order valence-electron chi connectivity index (χ1n) is 11.0. The van der Waals surface area contributed by atoms with Crippen molar-refractivity contribution in [2.24, 2.45) is 0 Å². The molecular formula is C25H27N3O6. The van der Waals surface area contributed by atoms with Gasteiger partial charge in [0.05, 0.1) is 12.7 Å². The summed E-state index contributed by atoms with van der Waals surface area (Å²) >= 11 is 0. The van der Waals surface area contributed by atoms with Gasteiger partial charge >= 0.3 is 12.1 Å². The molecule has 9 nitrogen and oxygen atoms in total. The second-order valence-electron chi connectivity index (χ2n) is 7.93. The Hall–Kier alpha value is -3.90. The molecule has 178 valence electrons. The first kappa shape index (κ1) is 24.7. The Morgan fingerprint density at radius 2 is 1.65 bits per heavy atom. The highest BCUT2D eigenvalue weighted by molar-refractivity contribution is 5.89. The largest absolute Gasteiger partial charge is 0.480 e. The molecule has 0 saturated heterocycles. The van der Waals surface area contributed by atoms with E-state index in [1.807, 2.05) is 54.6 Å². The van der Waals surface area contributed by atoms with E-state index in [9.17, 15) is 19.5 Å². The molecule has 0 radical (unpaired) electrons. The number of nitrogens with one attached hydrogen (secondary N) is 2. The van der Waals surface area contributed by atoms with Gasteiger partial charge in [-0.3, -0.25) is 4.79 Å². The predicted octanol–water partition coefficient (Wildman–Crippen LogP) is 2.80. The molecule has 0 aliphatic heterocycles. The number of unbranched alkanes of at least 4 members (excludes halogenated alkanes) is 1. The molecule has 0 aromatic heterocycles. The first-order chi connectivity index (χ1) is 16.5. The van der Waals surface area contributed by atoms with E-state index in [0.29, 0.717) is 6.42 Å². The van der Waals surface area contributed by atoms with E-state index in [2.05, 4.69) is 10.6 Å². The van der Waals surface area contributed by atoms with Crippen molar-refractivity contribution in [3.05, 3.63) is 59.7 Å². The summed E-state index contributed by atoms with van der Waals surface area (Å²) < 4.78 is 10.3. The van der Waals surface area contributed by atoms with Crippen LogP contribution in [0.3, 0.4) is 0 Å². The van der Waals surface area contributed by atoms with Gasteiger partial charge in [0, 0.05) is 19.4 Å². The van der Waals surface area contributed by atoms with Crippen LogP contribution < -0.4 is 10.6 Å². The molecule has 2 aromatic rings. The van der Waals surface area contributed by atoms with Gasteiger partial charge in [-0.2, -0.15) is 5.26 Å². The summed E-state index contributed by atoms with van der Waals surface area (Å²) in [5.41, 5.74) is 4.31. The monoisotopic (exact) mass is 465 g/mol. The van der Waals surface area contributed by atoms with Crippen molar-refractivity contribution in [1.29, 1.82) is 5.26 Å². The maximum atomic E-state index is 12.7. The Balaban J connectivity index is 1.66. The molecule has 9 heteroatoms. The van der Waals surface area contributed by atoms with Crippen LogP contribution in [0.5, 0.6) is 0 Å². The van der Waals surface area contributed by atoms with E-state index in [4.69, 9.17) is 14.7 Å². The molecule has 0 heterocycles. The van der Waals surface area contributed by atoms with E-state index in [1.54, 1.807) is 0 Å². The Kier molecular flexibility index (Phi) is 8.60. The fourth-order valence-electron chi connectivity index (χ4n) is 4.05. The molecule has 1 unspecified atom stereocenters. The Labute approximate surface area is 197 Å². The van der Waals surface area contributed by atoms with Gasteiger partial charge in [-0.05, 0) is 35.1 Å². The minimum absolute atomic E-state index is 0.0772. The van der Waals surface area contributed by atoms with Gasteiger partial charge in [-0.25, -0.2) is 9.59 Å². The van der Waals surface area contributed by atoms with Crippen LogP contribution in [0.4, 0.5) is 4.79 Å². The maximum Gasteiger partial charge on any atom is 0.407 e. The maximum absolute atomic E-state index is 12.7. The van der Waals surface area contributed by atoms with Crippen molar-refractivity contribution in [2.45, 2.75) is 37.3 Å². The third-order valence-corrected chi connectivity index (χ3v) is 5.68. The lowest BCUT2D eigenvalue weighted by molar-refractivity contribution is -0.143. The molecular weight excluding hydrogens is 438 g/mol. The van der Waals surface area contributed by atoms with Gasteiger partial charge < -0.3 is 25.2 Å². The Morgan fingerprint density at radius 3 is 2.21 bits per heavy atom. The summed E-state index contributed by atoms with van der Waals surface area (Å²) in [5.74, 6) is -2.08. The Bertz CT molecular complexity index is 1030. The van der Waals surface area contributed by atoms with Crippen molar-refractivity contribution in [3.8, 4) is 17.2 Å².